The van der Waals surface area contributed by atoms with Crippen molar-refractivity contribution in [3.8, 4) is 5.75 Å². The molecule has 0 aliphatic rings. The number of carbonyl (C=O) groups excluding carboxylic acids is 2. The summed E-state index contributed by atoms with van der Waals surface area (Å²) in [4.78, 5) is 27.0. The number of thioether (sulfide) groups is 1. The van der Waals surface area contributed by atoms with Crippen LogP contribution in [0.4, 0.5) is 5.69 Å². The Morgan fingerprint density at radius 3 is 2.08 bits per heavy atom. The van der Waals surface area contributed by atoms with E-state index < -0.39 is 5.91 Å². The molecule has 0 aliphatic carbocycles. The Hall–Kier alpha value is -4.29. The van der Waals surface area contributed by atoms with Gasteiger partial charge in [-0.2, -0.15) is 0 Å². The number of ether oxygens (including phenoxy) is 1. The Morgan fingerprint density at radius 1 is 0.806 bits per heavy atom. The first-order valence-corrected chi connectivity index (χ1v) is 12.6. The summed E-state index contributed by atoms with van der Waals surface area (Å²) in [5, 5.41) is 5.62. The number of benzene rings is 4. The lowest BCUT2D eigenvalue weighted by Crippen LogP contribution is -2.30. The SMILES string of the molecule is CSc1ccc(NC(=O)/C(=C/c2ccc(OCc3ccccc3)cc2)NC(=O)c2ccccc2)cc1. The van der Waals surface area contributed by atoms with Crippen LogP contribution in [-0.4, -0.2) is 18.1 Å². The van der Waals surface area contributed by atoms with Crippen LogP contribution in [0.5, 0.6) is 5.75 Å². The summed E-state index contributed by atoms with van der Waals surface area (Å²) in [5.41, 5.74) is 3.07. The van der Waals surface area contributed by atoms with Gasteiger partial charge in [0.15, 0.2) is 0 Å². The average Bonchev–Trinajstić information content (AvgIpc) is 2.93. The monoisotopic (exact) mass is 494 g/mol. The van der Waals surface area contributed by atoms with E-state index in [0.717, 1.165) is 16.0 Å². The topological polar surface area (TPSA) is 67.4 Å². The number of carbonyl (C=O) groups is 2. The van der Waals surface area contributed by atoms with E-state index in [1.807, 2.05) is 91.2 Å². The van der Waals surface area contributed by atoms with Crippen LogP contribution in [0.2, 0.25) is 0 Å². The van der Waals surface area contributed by atoms with Gasteiger partial charge in [0, 0.05) is 16.1 Å². The number of rotatable bonds is 9. The highest BCUT2D eigenvalue weighted by Gasteiger charge is 2.15. The predicted molar refractivity (Wildman–Crippen MR) is 146 cm³/mol. The van der Waals surface area contributed by atoms with Crippen molar-refractivity contribution in [1.29, 1.82) is 0 Å². The normalized spacial score (nSPS) is 11.0. The zero-order valence-corrected chi connectivity index (χ0v) is 20.6. The summed E-state index contributed by atoms with van der Waals surface area (Å²) in [6.07, 6.45) is 3.64. The van der Waals surface area contributed by atoms with Gasteiger partial charge in [-0.15, -0.1) is 11.8 Å². The predicted octanol–water partition coefficient (Wildman–Crippen LogP) is 6.40. The molecule has 180 valence electrons. The lowest BCUT2D eigenvalue weighted by Gasteiger charge is -2.12. The fraction of sp³-hybridized carbons (Fsp3) is 0.0667. The van der Waals surface area contributed by atoms with Gasteiger partial charge in [0.1, 0.15) is 18.1 Å². The fourth-order valence-electron chi connectivity index (χ4n) is 3.38. The summed E-state index contributed by atoms with van der Waals surface area (Å²) in [6, 6.07) is 33.6. The van der Waals surface area contributed by atoms with E-state index in [2.05, 4.69) is 10.6 Å². The quantitative estimate of drug-likeness (QED) is 0.209. The van der Waals surface area contributed by atoms with Gasteiger partial charge in [0.25, 0.3) is 11.8 Å². The van der Waals surface area contributed by atoms with Crippen LogP contribution >= 0.6 is 11.8 Å². The number of hydrogen-bond acceptors (Lipinski definition) is 4. The minimum Gasteiger partial charge on any atom is -0.489 e. The maximum atomic E-state index is 13.1. The molecule has 0 spiro atoms. The zero-order chi connectivity index (χ0) is 25.2. The molecule has 5 nitrogen and oxygen atoms in total. The lowest BCUT2D eigenvalue weighted by atomic mass is 10.1. The maximum absolute atomic E-state index is 13.1. The second-order valence-corrected chi connectivity index (χ2v) is 8.78. The van der Waals surface area contributed by atoms with Gasteiger partial charge in [0.05, 0.1) is 0 Å². The van der Waals surface area contributed by atoms with Crippen molar-refractivity contribution < 1.29 is 14.3 Å². The van der Waals surface area contributed by atoms with E-state index in [4.69, 9.17) is 4.74 Å². The van der Waals surface area contributed by atoms with Crippen LogP contribution in [0, 0.1) is 0 Å². The number of amides is 2. The molecule has 2 amide bonds. The first kappa shape index (κ1) is 24.8. The van der Waals surface area contributed by atoms with E-state index in [1.165, 1.54) is 0 Å². The van der Waals surface area contributed by atoms with Crippen LogP contribution in [0.15, 0.2) is 120 Å². The third kappa shape index (κ3) is 7.10. The van der Waals surface area contributed by atoms with Crippen LogP contribution < -0.4 is 15.4 Å². The van der Waals surface area contributed by atoms with Crippen molar-refractivity contribution >= 4 is 35.3 Å². The Morgan fingerprint density at radius 2 is 1.44 bits per heavy atom. The molecule has 0 aromatic heterocycles. The molecule has 0 unspecified atom stereocenters. The molecule has 0 aliphatic heterocycles. The van der Waals surface area contributed by atoms with Crippen LogP contribution in [-0.2, 0) is 11.4 Å². The van der Waals surface area contributed by atoms with E-state index in [0.29, 0.717) is 23.6 Å². The molecule has 36 heavy (non-hydrogen) atoms. The van der Waals surface area contributed by atoms with Gasteiger partial charge in [-0.25, -0.2) is 0 Å². The first-order valence-electron chi connectivity index (χ1n) is 11.4. The van der Waals surface area contributed by atoms with Crippen molar-refractivity contribution in [3.63, 3.8) is 0 Å². The van der Waals surface area contributed by atoms with Crippen molar-refractivity contribution in [3.05, 3.63) is 132 Å². The highest BCUT2D eigenvalue weighted by molar-refractivity contribution is 7.98. The third-order valence-corrected chi connectivity index (χ3v) is 6.06. The van der Waals surface area contributed by atoms with E-state index in [9.17, 15) is 9.59 Å². The van der Waals surface area contributed by atoms with Gasteiger partial charge in [-0.3, -0.25) is 9.59 Å². The van der Waals surface area contributed by atoms with Crippen LogP contribution in [0.3, 0.4) is 0 Å². The summed E-state index contributed by atoms with van der Waals surface area (Å²) in [6.45, 7) is 0.464. The van der Waals surface area contributed by atoms with Crippen molar-refractivity contribution in [1.82, 2.24) is 5.32 Å². The first-order chi connectivity index (χ1) is 17.6. The number of hydrogen-bond donors (Lipinski definition) is 2. The zero-order valence-electron chi connectivity index (χ0n) is 19.8. The molecular weight excluding hydrogens is 468 g/mol. The molecule has 0 radical (unpaired) electrons. The lowest BCUT2D eigenvalue weighted by molar-refractivity contribution is -0.113. The maximum Gasteiger partial charge on any atom is 0.272 e. The van der Waals surface area contributed by atoms with Crippen molar-refractivity contribution in [2.24, 2.45) is 0 Å². The molecule has 6 heteroatoms. The highest BCUT2D eigenvalue weighted by Crippen LogP contribution is 2.19. The second-order valence-electron chi connectivity index (χ2n) is 7.90. The fourth-order valence-corrected chi connectivity index (χ4v) is 3.79. The average molecular weight is 495 g/mol. The van der Waals surface area contributed by atoms with Crippen molar-refractivity contribution in [2.75, 3.05) is 11.6 Å². The molecule has 4 aromatic rings. The third-order valence-electron chi connectivity index (χ3n) is 5.32. The number of nitrogens with one attached hydrogen (secondary N) is 2. The molecule has 0 bridgehead atoms. The molecule has 0 saturated heterocycles. The summed E-state index contributed by atoms with van der Waals surface area (Å²) in [7, 11) is 0. The molecule has 0 heterocycles. The largest absolute Gasteiger partial charge is 0.489 e. The second kappa shape index (κ2) is 12.4. The van der Waals surface area contributed by atoms with Gasteiger partial charge in [-0.05, 0) is 72.0 Å². The van der Waals surface area contributed by atoms with Crippen molar-refractivity contribution in [2.45, 2.75) is 11.5 Å². The van der Waals surface area contributed by atoms with E-state index in [1.54, 1.807) is 42.1 Å². The summed E-state index contributed by atoms with van der Waals surface area (Å²) >= 11 is 1.62. The Bertz CT molecular complexity index is 1320. The molecule has 4 rings (SSSR count). The van der Waals surface area contributed by atoms with Gasteiger partial charge >= 0.3 is 0 Å². The Balaban J connectivity index is 1.51. The minimum atomic E-state index is -0.416. The van der Waals surface area contributed by atoms with Crippen LogP contribution in [0.1, 0.15) is 21.5 Å². The molecule has 0 atom stereocenters. The number of anilines is 1. The smallest absolute Gasteiger partial charge is 0.272 e. The molecule has 4 aromatic carbocycles. The van der Waals surface area contributed by atoms with Gasteiger partial charge < -0.3 is 15.4 Å². The summed E-state index contributed by atoms with van der Waals surface area (Å²) < 4.78 is 5.85. The Kier molecular flexibility index (Phi) is 8.57. The standard InChI is InChI=1S/C30H26N2O3S/c1-36-27-18-14-25(15-19-27)31-30(34)28(32-29(33)24-10-6-3-7-11-24)20-22-12-16-26(17-13-22)35-21-23-8-4-2-5-9-23/h2-20H,21H2,1H3,(H,31,34)(H,32,33)/b28-20-. The highest BCUT2D eigenvalue weighted by atomic mass is 32.2. The van der Waals surface area contributed by atoms with Gasteiger partial charge in [-0.1, -0.05) is 60.7 Å². The summed E-state index contributed by atoms with van der Waals surface area (Å²) in [5.74, 6) is -0.0673. The molecule has 2 N–H and O–H groups in total. The van der Waals surface area contributed by atoms with Crippen LogP contribution in [0.25, 0.3) is 6.08 Å². The van der Waals surface area contributed by atoms with Gasteiger partial charge in [0.2, 0.25) is 0 Å². The molecule has 0 saturated carbocycles. The minimum absolute atomic E-state index is 0.135. The van der Waals surface area contributed by atoms with E-state index >= 15 is 0 Å². The molecule has 0 fully saturated rings. The molecular formula is C30H26N2O3S. The van der Waals surface area contributed by atoms with E-state index in [-0.39, 0.29) is 11.6 Å². The Labute approximate surface area is 215 Å².